The van der Waals surface area contributed by atoms with Crippen molar-refractivity contribution in [2.75, 3.05) is 0 Å². The number of aromatic nitrogens is 1. The second-order valence-corrected chi connectivity index (χ2v) is 9.82. The Kier molecular flexibility index (Phi) is 8.07. The summed E-state index contributed by atoms with van der Waals surface area (Å²) in [7, 11) is 0. The van der Waals surface area contributed by atoms with E-state index in [-0.39, 0.29) is 23.9 Å². The summed E-state index contributed by atoms with van der Waals surface area (Å²) in [6, 6.07) is 6.00. The SMILES string of the molecule is Cc1cc(C)cc(OCc2nc(C(=O)NC3CCCCC3NC(=O)CC(C)C)cs2)c1. The Morgan fingerprint density at radius 2 is 1.74 bits per heavy atom. The van der Waals surface area contributed by atoms with Crippen LogP contribution in [0.3, 0.4) is 0 Å². The lowest BCUT2D eigenvalue weighted by Crippen LogP contribution is -2.53. The molecule has 1 aliphatic carbocycles. The molecule has 2 N–H and O–H groups in total. The smallest absolute Gasteiger partial charge is 0.271 e. The Morgan fingerprint density at radius 1 is 1.10 bits per heavy atom. The average molecular weight is 444 g/mol. The highest BCUT2D eigenvalue weighted by Gasteiger charge is 2.28. The Morgan fingerprint density at radius 3 is 2.39 bits per heavy atom. The minimum Gasteiger partial charge on any atom is -0.486 e. The Balaban J connectivity index is 1.56. The van der Waals surface area contributed by atoms with Crippen LogP contribution in [0, 0.1) is 19.8 Å². The second-order valence-electron chi connectivity index (χ2n) is 8.87. The maximum absolute atomic E-state index is 12.8. The molecule has 0 radical (unpaired) electrons. The van der Waals surface area contributed by atoms with Gasteiger partial charge in [-0.15, -0.1) is 11.3 Å². The van der Waals surface area contributed by atoms with Gasteiger partial charge in [0.05, 0.1) is 0 Å². The van der Waals surface area contributed by atoms with Crippen molar-refractivity contribution >= 4 is 23.2 Å². The van der Waals surface area contributed by atoms with Gasteiger partial charge in [0.15, 0.2) is 0 Å². The van der Waals surface area contributed by atoms with Gasteiger partial charge < -0.3 is 15.4 Å². The van der Waals surface area contributed by atoms with Gasteiger partial charge in [-0.1, -0.05) is 32.8 Å². The lowest BCUT2D eigenvalue weighted by atomic mass is 9.90. The molecule has 7 heteroatoms. The number of amides is 2. The van der Waals surface area contributed by atoms with Gasteiger partial charge in [0, 0.05) is 23.9 Å². The fraction of sp³-hybridized carbons (Fsp3) is 0.542. The van der Waals surface area contributed by atoms with Crippen molar-refractivity contribution in [3.8, 4) is 5.75 Å². The van der Waals surface area contributed by atoms with Gasteiger partial charge >= 0.3 is 0 Å². The van der Waals surface area contributed by atoms with Crippen molar-refractivity contribution in [2.24, 2.45) is 5.92 Å². The number of benzene rings is 1. The van der Waals surface area contributed by atoms with Gasteiger partial charge in [-0.3, -0.25) is 9.59 Å². The van der Waals surface area contributed by atoms with Crippen molar-refractivity contribution in [3.05, 3.63) is 45.4 Å². The Hall–Kier alpha value is -2.41. The molecule has 1 saturated carbocycles. The summed E-state index contributed by atoms with van der Waals surface area (Å²) in [4.78, 5) is 29.4. The summed E-state index contributed by atoms with van der Waals surface area (Å²) in [5.74, 6) is 0.987. The van der Waals surface area contributed by atoms with Gasteiger partial charge in [0.1, 0.15) is 23.1 Å². The van der Waals surface area contributed by atoms with Crippen LogP contribution >= 0.6 is 11.3 Å². The number of rotatable bonds is 8. The van der Waals surface area contributed by atoms with E-state index in [0.717, 1.165) is 47.6 Å². The molecule has 2 amide bonds. The molecule has 2 unspecified atom stereocenters. The number of hydrogen-bond acceptors (Lipinski definition) is 5. The van der Waals surface area contributed by atoms with Gasteiger partial charge in [0.25, 0.3) is 5.91 Å². The zero-order valence-electron chi connectivity index (χ0n) is 18.9. The van der Waals surface area contributed by atoms with E-state index in [1.807, 2.05) is 39.8 Å². The molecule has 168 valence electrons. The first kappa shape index (κ1) is 23.3. The maximum Gasteiger partial charge on any atom is 0.271 e. The van der Waals surface area contributed by atoms with E-state index in [1.54, 1.807) is 5.38 Å². The fourth-order valence-electron chi connectivity index (χ4n) is 4.00. The minimum atomic E-state index is -0.191. The van der Waals surface area contributed by atoms with E-state index >= 15 is 0 Å². The van der Waals surface area contributed by atoms with Crippen LogP contribution in [0.2, 0.25) is 0 Å². The molecule has 0 spiro atoms. The van der Waals surface area contributed by atoms with Crippen molar-refractivity contribution in [1.29, 1.82) is 0 Å². The normalized spacial score (nSPS) is 18.6. The topological polar surface area (TPSA) is 80.3 Å². The van der Waals surface area contributed by atoms with Crippen LogP contribution in [0.4, 0.5) is 0 Å². The van der Waals surface area contributed by atoms with Crippen LogP contribution in [0.1, 0.15) is 72.6 Å². The molecular formula is C24H33N3O3S. The van der Waals surface area contributed by atoms with Gasteiger partial charge in [-0.05, 0) is 55.9 Å². The summed E-state index contributed by atoms with van der Waals surface area (Å²) in [6.45, 7) is 8.47. The summed E-state index contributed by atoms with van der Waals surface area (Å²) >= 11 is 1.42. The van der Waals surface area contributed by atoms with E-state index in [2.05, 4.69) is 21.7 Å². The summed E-state index contributed by atoms with van der Waals surface area (Å²) < 4.78 is 5.86. The number of aryl methyl sites for hydroxylation is 2. The third-order valence-corrected chi connectivity index (χ3v) is 6.19. The van der Waals surface area contributed by atoms with E-state index < -0.39 is 0 Å². The number of ether oxygens (including phenoxy) is 1. The van der Waals surface area contributed by atoms with Crippen molar-refractivity contribution < 1.29 is 14.3 Å². The zero-order chi connectivity index (χ0) is 22.4. The lowest BCUT2D eigenvalue weighted by molar-refractivity contribution is -0.122. The fourth-order valence-corrected chi connectivity index (χ4v) is 4.68. The van der Waals surface area contributed by atoms with Crippen LogP contribution < -0.4 is 15.4 Å². The maximum atomic E-state index is 12.8. The molecule has 1 heterocycles. The van der Waals surface area contributed by atoms with Gasteiger partial charge in [-0.25, -0.2) is 4.98 Å². The Bertz CT molecular complexity index is 889. The number of carbonyl (C=O) groups is 2. The predicted molar refractivity (Wildman–Crippen MR) is 123 cm³/mol. The quantitative estimate of drug-likeness (QED) is 0.628. The number of nitrogens with zero attached hydrogens (tertiary/aromatic N) is 1. The first-order chi connectivity index (χ1) is 14.8. The molecule has 2 atom stereocenters. The van der Waals surface area contributed by atoms with E-state index in [9.17, 15) is 9.59 Å². The standard InChI is InChI=1S/C24H33N3O3S/c1-15(2)9-22(28)25-19-7-5-6-8-20(19)27-24(29)21-14-31-23(26-21)13-30-18-11-16(3)10-17(4)12-18/h10-12,14-15,19-20H,5-9,13H2,1-4H3,(H,25,28)(H,27,29). The highest BCUT2D eigenvalue weighted by Crippen LogP contribution is 2.21. The molecule has 1 aromatic carbocycles. The molecule has 1 aromatic heterocycles. The van der Waals surface area contributed by atoms with Gasteiger partial charge in [-0.2, -0.15) is 0 Å². The molecule has 1 aliphatic rings. The van der Waals surface area contributed by atoms with E-state index in [1.165, 1.54) is 11.3 Å². The summed E-state index contributed by atoms with van der Waals surface area (Å²) in [6.07, 6.45) is 4.38. The number of nitrogens with one attached hydrogen (secondary N) is 2. The van der Waals surface area contributed by atoms with E-state index in [4.69, 9.17) is 4.74 Å². The average Bonchev–Trinajstić information content (AvgIpc) is 3.16. The van der Waals surface area contributed by atoms with E-state index in [0.29, 0.717) is 24.6 Å². The Labute approximate surface area is 188 Å². The number of thiazole rings is 1. The minimum absolute atomic E-state index is 0.0186. The van der Waals surface area contributed by atoms with Crippen molar-refractivity contribution in [1.82, 2.24) is 15.6 Å². The predicted octanol–water partition coefficient (Wildman–Crippen LogP) is 4.54. The monoisotopic (exact) mass is 443 g/mol. The lowest BCUT2D eigenvalue weighted by Gasteiger charge is -2.32. The molecule has 6 nitrogen and oxygen atoms in total. The number of hydrogen-bond donors (Lipinski definition) is 2. The highest BCUT2D eigenvalue weighted by atomic mass is 32.1. The molecule has 1 fully saturated rings. The first-order valence-corrected chi connectivity index (χ1v) is 11.9. The molecule has 0 saturated heterocycles. The second kappa shape index (κ2) is 10.8. The van der Waals surface area contributed by atoms with Crippen LogP contribution in [0.25, 0.3) is 0 Å². The third-order valence-electron chi connectivity index (χ3n) is 5.36. The first-order valence-electron chi connectivity index (χ1n) is 11.1. The molecule has 0 bridgehead atoms. The van der Waals surface area contributed by atoms with Crippen LogP contribution in [-0.4, -0.2) is 28.9 Å². The van der Waals surface area contributed by atoms with Crippen molar-refractivity contribution in [2.45, 2.75) is 78.5 Å². The van der Waals surface area contributed by atoms with Crippen LogP contribution in [-0.2, 0) is 11.4 Å². The van der Waals surface area contributed by atoms with Crippen molar-refractivity contribution in [3.63, 3.8) is 0 Å². The zero-order valence-corrected chi connectivity index (χ0v) is 19.7. The van der Waals surface area contributed by atoms with Crippen LogP contribution in [0.5, 0.6) is 5.75 Å². The molecule has 0 aliphatic heterocycles. The summed E-state index contributed by atoms with van der Waals surface area (Å²) in [5.41, 5.74) is 2.70. The molecule has 31 heavy (non-hydrogen) atoms. The number of carbonyl (C=O) groups excluding carboxylic acids is 2. The largest absolute Gasteiger partial charge is 0.486 e. The summed E-state index contributed by atoms with van der Waals surface area (Å²) in [5, 5.41) is 8.74. The molecular weight excluding hydrogens is 410 g/mol. The molecule has 2 aromatic rings. The van der Waals surface area contributed by atoms with Gasteiger partial charge in [0.2, 0.25) is 5.91 Å². The van der Waals surface area contributed by atoms with Crippen LogP contribution in [0.15, 0.2) is 23.6 Å². The third kappa shape index (κ3) is 7.06. The molecule has 3 rings (SSSR count). The highest BCUT2D eigenvalue weighted by molar-refractivity contribution is 7.09.